The summed E-state index contributed by atoms with van der Waals surface area (Å²) in [6.45, 7) is 0.478. The zero-order chi connectivity index (χ0) is 15.4. The average molecular weight is 324 g/mol. The highest BCUT2D eigenvalue weighted by molar-refractivity contribution is 7.90. The topological polar surface area (TPSA) is 72.4 Å². The van der Waals surface area contributed by atoms with Gasteiger partial charge < -0.3 is 15.0 Å². The SMILES string of the molecule is C[S+]([O-])c1cc(C(=O)O)c(NCc2ccccc2)cc1Cl. The molecule has 0 amide bonds. The van der Waals surface area contributed by atoms with E-state index in [1.54, 1.807) is 0 Å². The second-order valence-electron chi connectivity index (χ2n) is 4.43. The van der Waals surface area contributed by atoms with E-state index >= 15 is 0 Å². The minimum atomic E-state index is -1.34. The Morgan fingerprint density at radius 2 is 2.00 bits per heavy atom. The van der Waals surface area contributed by atoms with Crippen LogP contribution in [0.1, 0.15) is 15.9 Å². The number of carboxylic acids is 1. The number of anilines is 1. The largest absolute Gasteiger partial charge is 0.612 e. The molecule has 0 heterocycles. The third-order valence-electron chi connectivity index (χ3n) is 2.94. The lowest BCUT2D eigenvalue weighted by Crippen LogP contribution is -2.09. The molecule has 21 heavy (non-hydrogen) atoms. The van der Waals surface area contributed by atoms with E-state index < -0.39 is 17.1 Å². The van der Waals surface area contributed by atoms with Gasteiger partial charge >= 0.3 is 5.97 Å². The number of rotatable bonds is 5. The molecule has 0 fully saturated rings. The predicted octanol–water partition coefficient (Wildman–Crippen LogP) is 3.39. The van der Waals surface area contributed by atoms with Gasteiger partial charge in [0.1, 0.15) is 6.26 Å². The summed E-state index contributed by atoms with van der Waals surface area (Å²) in [4.78, 5) is 11.7. The molecule has 0 saturated heterocycles. The van der Waals surface area contributed by atoms with Crippen LogP contribution in [0.15, 0.2) is 47.4 Å². The van der Waals surface area contributed by atoms with Crippen molar-refractivity contribution in [3.05, 3.63) is 58.6 Å². The lowest BCUT2D eigenvalue weighted by atomic mass is 10.1. The van der Waals surface area contributed by atoms with Crippen molar-refractivity contribution in [2.75, 3.05) is 11.6 Å². The van der Waals surface area contributed by atoms with E-state index in [-0.39, 0.29) is 10.6 Å². The van der Waals surface area contributed by atoms with E-state index in [0.717, 1.165) is 5.56 Å². The molecule has 2 rings (SSSR count). The van der Waals surface area contributed by atoms with Crippen molar-refractivity contribution in [3.63, 3.8) is 0 Å². The molecule has 0 aliphatic carbocycles. The molecule has 2 aromatic carbocycles. The fourth-order valence-electron chi connectivity index (χ4n) is 1.89. The molecule has 4 nitrogen and oxygen atoms in total. The quantitative estimate of drug-likeness (QED) is 0.827. The Kier molecular flexibility index (Phi) is 5.12. The van der Waals surface area contributed by atoms with Crippen LogP contribution in [0.25, 0.3) is 0 Å². The number of aromatic carboxylic acids is 1. The third-order valence-corrected chi connectivity index (χ3v) is 4.32. The molecule has 0 aliphatic rings. The van der Waals surface area contributed by atoms with Crippen LogP contribution in [-0.4, -0.2) is 21.9 Å². The van der Waals surface area contributed by atoms with Crippen LogP contribution in [0.3, 0.4) is 0 Å². The second kappa shape index (κ2) is 6.85. The summed E-state index contributed by atoms with van der Waals surface area (Å²) in [5, 5.41) is 12.6. The van der Waals surface area contributed by atoms with E-state index in [9.17, 15) is 14.5 Å². The maximum Gasteiger partial charge on any atom is 0.337 e. The monoisotopic (exact) mass is 323 g/mol. The molecule has 0 aromatic heterocycles. The number of hydrogen-bond acceptors (Lipinski definition) is 3. The summed E-state index contributed by atoms with van der Waals surface area (Å²) >= 11 is 4.72. The minimum Gasteiger partial charge on any atom is -0.612 e. The first kappa shape index (κ1) is 15.7. The molecule has 110 valence electrons. The van der Waals surface area contributed by atoms with Crippen molar-refractivity contribution in [2.24, 2.45) is 0 Å². The van der Waals surface area contributed by atoms with Gasteiger partial charge in [-0.2, -0.15) is 0 Å². The van der Waals surface area contributed by atoms with Crippen molar-refractivity contribution in [1.29, 1.82) is 0 Å². The van der Waals surface area contributed by atoms with Gasteiger partial charge in [0.25, 0.3) is 0 Å². The van der Waals surface area contributed by atoms with Crippen LogP contribution in [0.4, 0.5) is 5.69 Å². The lowest BCUT2D eigenvalue weighted by molar-refractivity contribution is 0.0697. The van der Waals surface area contributed by atoms with Gasteiger partial charge in [0.15, 0.2) is 4.90 Å². The molecule has 2 aromatic rings. The molecule has 6 heteroatoms. The normalized spacial score (nSPS) is 12.0. The molecule has 0 bridgehead atoms. The van der Waals surface area contributed by atoms with Gasteiger partial charge in [-0.25, -0.2) is 4.79 Å². The maximum atomic E-state index is 11.5. The van der Waals surface area contributed by atoms with E-state index in [0.29, 0.717) is 17.1 Å². The molecule has 1 unspecified atom stereocenters. The summed E-state index contributed by atoms with van der Waals surface area (Å²) in [5.41, 5.74) is 1.49. The summed E-state index contributed by atoms with van der Waals surface area (Å²) < 4.78 is 11.5. The van der Waals surface area contributed by atoms with Gasteiger partial charge in [-0.3, -0.25) is 0 Å². The highest BCUT2D eigenvalue weighted by Gasteiger charge is 2.19. The number of hydrogen-bond donors (Lipinski definition) is 2. The zero-order valence-electron chi connectivity index (χ0n) is 11.3. The molecule has 1 atom stereocenters. The smallest absolute Gasteiger partial charge is 0.337 e. The van der Waals surface area contributed by atoms with Crippen LogP contribution in [0, 0.1) is 0 Å². The van der Waals surface area contributed by atoms with Crippen molar-refractivity contribution < 1.29 is 14.5 Å². The predicted molar refractivity (Wildman–Crippen MR) is 84.5 cm³/mol. The van der Waals surface area contributed by atoms with Crippen LogP contribution < -0.4 is 5.32 Å². The van der Waals surface area contributed by atoms with E-state index in [2.05, 4.69) is 5.32 Å². The number of nitrogens with one attached hydrogen (secondary N) is 1. The maximum absolute atomic E-state index is 11.5. The highest BCUT2D eigenvalue weighted by Crippen LogP contribution is 2.29. The average Bonchev–Trinajstić information content (AvgIpc) is 2.45. The van der Waals surface area contributed by atoms with Crippen molar-refractivity contribution in [3.8, 4) is 0 Å². The summed E-state index contributed by atoms with van der Waals surface area (Å²) in [6.07, 6.45) is 1.46. The number of halogens is 1. The van der Waals surface area contributed by atoms with Crippen LogP contribution >= 0.6 is 11.6 Å². The Morgan fingerprint density at radius 3 is 2.57 bits per heavy atom. The van der Waals surface area contributed by atoms with Crippen LogP contribution in [-0.2, 0) is 17.7 Å². The molecular formula is C15H14ClNO3S. The first-order valence-corrected chi connectivity index (χ1v) is 8.10. The van der Waals surface area contributed by atoms with Crippen LogP contribution in [0.5, 0.6) is 0 Å². The van der Waals surface area contributed by atoms with Crippen molar-refractivity contribution in [1.82, 2.24) is 0 Å². The van der Waals surface area contributed by atoms with Gasteiger partial charge in [-0.05, 0) is 22.8 Å². The standard InChI is InChI=1S/C15H14ClNO3S/c1-21(20)14-7-11(15(18)19)13(8-12(14)16)17-9-10-5-3-2-4-6-10/h2-8,17H,9H2,1H3,(H,18,19). The summed E-state index contributed by atoms with van der Waals surface area (Å²) in [6, 6.07) is 12.5. The minimum absolute atomic E-state index is 0.0560. The summed E-state index contributed by atoms with van der Waals surface area (Å²) in [7, 11) is 0. The Labute approximate surface area is 130 Å². The van der Waals surface area contributed by atoms with Gasteiger partial charge in [0.2, 0.25) is 0 Å². The van der Waals surface area contributed by atoms with Crippen LogP contribution in [0.2, 0.25) is 5.02 Å². The van der Waals surface area contributed by atoms with Gasteiger partial charge in [0.05, 0.1) is 16.3 Å². The number of benzene rings is 2. The van der Waals surface area contributed by atoms with Gasteiger partial charge in [-0.1, -0.05) is 41.9 Å². The van der Waals surface area contributed by atoms with E-state index in [4.69, 9.17) is 11.6 Å². The first-order valence-electron chi connectivity index (χ1n) is 6.17. The molecule has 0 saturated carbocycles. The fourth-order valence-corrected chi connectivity index (χ4v) is 3.00. The van der Waals surface area contributed by atoms with Gasteiger partial charge in [-0.15, -0.1) is 0 Å². The molecule has 2 N–H and O–H groups in total. The zero-order valence-corrected chi connectivity index (χ0v) is 12.9. The first-order chi connectivity index (χ1) is 9.99. The van der Waals surface area contributed by atoms with Gasteiger partial charge in [0, 0.05) is 12.6 Å². The van der Waals surface area contributed by atoms with E-state index in [1.807, 2.05) is 30.3 Å². The molecule has 0 radical (unpaired) electrons. The van der Waals surface area contributed by atoms with Crippen molar-refractivity contribution >= 4 is 34.4 Å². The Balaban J connectivity index is 2.30. The Hall–Kier alpha value is -1.69. The highest BCUT2D eigenvalue weighted by atomic mass is 35.5. The Morgan fingerprint density at radius 1 is 1.33 bits per heavy atom. The third kappa shape index (κ3) is 3.91. The number of carbonyl (C=O) groups is 1. The van der Waals surface area contributed by atoms with E-state index in [1.165, 1.54) is 18.4 Å². The molecular weight excluding hydrogens is 310 g/mol. The Bertz CT molecular complexity index is 647. The lowest BCUT2D eigenvalue weighted by Gasteiger charge is -2.13. The second-order valence-corrected chi connectivity index (χ2v) is 6.18. The molecule has 0 spiro atoms. The van der Waals surface area contributed by atoms with Crippen molar-refractivity contribution in [2.45, 2.75) is 11.4 Å². The summed E-state index contributed by atoms with van der Waals surface area (Å²) in [5.74, 6) is -1.09. The molecule has 0 aliphatic heterocycles. The fraction of sp³-hybridized carbons (Fsp3) is 0.133. The number of carboxylic acid groups (broad SMARTS) is 1.